The fourth-order valence-corrected chi connectivity index (χ4v) is 3.58. The minimum atomic E-state index is -0.259. The van der Waals surface area contributed by atoms with Gasteiger partial charge in [0, 0.05) is 14.2 Å². The van der Waals surface area contributed by atoms with Crippen LogP contribution in [0.2, 0.25) is 5.02 Å². The van der Waals surface area contributed by atoms with Gasteiger partial charge in [0.15, 0.2) is 0 Å². The number of hydrogen-bond donors (Lipinski definition) is 1. The maximum atomic E-state index is 6.49. The van der Waals surface area contributed by atoms with E-state index in [0.29, 0.717) is 24.1 Å². The average Bonchev–Trinajstić information content (AvgIpc) is 2.87. The zero-order valence-electron chi connectivity index (χ0n) is 12.9. The molecule has 0 bridgehead atoms. The predicted molar refractivity (Wildman–Crippen MR) is 83.4 cm³/mol. The molecule has 5 nitrogen and oxygen atoms in total. The van der Waals surface area contributed by atoms with E-state index < -0.39 is 0 Å². The molecule has 0 radical (unpaired) electrons. The molecule has 2 N–H and O–H groups in total. The molecule has 1 aliphatic rings. The van der Waals surface area contributed by atoms with E-state index in [4.69, 9.17) is 26.8 Å². The summed E-state index contributed by atoms with van der Waals surface area (Å²) >= 11 is 6.30. The zero-order valence-corrected chi connectivity index (χ0v) is 13.7. The molecule has 1 heterocycles. The number of hydrogen-bond acceptors (Lipinski definition) is 4. The fraction of sp³-hybridized carbons (Fsp3) is 0.800. The number of nitrogens with zero attached hydrogens (tertiary/aromatic N) is 2. The molecule has 120 valence electrons. The molecule has 2 atom stereocenters. The highest BCUT2D eigenvalue weighted by atomic mass is 35.5. The number of methoxy groups -OCH3 is 2. The van der Waals surface area contributed by atoms with Crippen molar-refractivity contribution >= 4 is 11.6 Å². The van der Waals surface area contributed by atoms with Crippen molar-refractivity contribution in [2.75, 3.05) is 20.8 Å². The Balaban J connectivity index is 2.16. The van der Waals surface area contributed by atoms with Crippen molar-refractivity contribution in [1.82, 2.24) is 9.78 Å². The summed E-state index contributed by atoms with van der Waals surface area (Å²) in [7, 11) is 3.41. The van der Waals surface area contributed by atoms with E-state index in [1.54, 1.807) is 20.4 Å². The van der Waals surface area contributed by atoms with Crippen molar-refractivity contribution in [2.45, 2.75) is 50.8 Å². The van der Waals surface area contributed by atoms with Crippen LogP contribution >= 0.6 is 11.6 Å². The third-order valence-corrected chi connectivity index (χ3v) is 4.69. The fourth-order valence-electron chi connectivity index (χ4n) is 3.31. The van der Waals surface area contributed by atoms with E-state index in [-0.39, 0.29) is 12.1 Å². The first-order valence-electron chi connectivity index (χ1n) is 7.67. The Morgan fingerprint density at radius 2 is 2.10 bits per heavy atom. The second-order valence-corrected chi connectivity index (χ2v) is 6.13. The van der Waals surface area contributed by atoms with Gasteiger partial charge in [0.2, 0.25) is 0 Å². The van der Waals surface area contributed by atoms with E-state index >= 15 is 0 Å². The van der Waals surface area contributed by atoms with E-state index in [1.165, 1.54) is 32.1 Å². The molecule has 6 heteroatoms. The van der Waals surface area contributed by atoms with Gasteiger partial charge in [-0.15, -0.1) is 0 Å². The lowest BCUT2D eigenvalue weighted by Crippen LogP contribution is -2.37. The first-order chi connectivity index (χ1) is 10.2. The lowest BCUT2D eigenvalue weighted by Gasteiger charge is -2.33. The smallest absolute Gasteiger partial charge is 0.0835 e. The summed E-state index contributed by atoms with van der Waals surface area (Å²) in [6, 6.07) is -0.259. The Hall–Kier alpha value is -0.620. The number of halogens is 1. The summed E-state index contributed by atoms with van der Waals surface area (Å²) in [5, 5.41) is 4.91. The maximum absolute atomic E-state index is 6.49. The van der Waals surface area contributed by atoms with Gasteiger partial charge in [-0.25, -0.2) is 0 Å². The lowest BCUT2D eigenvalue weighted by atomic mass is 9.82. The summed E-state index contributed by atoms with van der Waals surface area (Å²) < 4.78 is 12.7. The number of rotatable bonds is 7. The van der Waals surface area contributed by atoms with Crippen LogP contribution in [0.3, 0.4) is 0 Å². The first kappa shape index (κ1) is 16.7. The summed E-state index contributed by atoms with van der Waals surface area (Å²) in [6.07, 6.45) is 7.82. The number of ether oxygens (including phenoxy) is 2. The molecule has 2 rings (SSSR count). The quantitative estimate of drug-likeness (QED) is 0.840. The van der Waals surface area contributed by atoms with Crippen molar-refractivity contribution in [2.24, 2.45) is 11.7 Å². The summed E-state index contributed by atoms with van der Waals surface area (Å²) in [6.45, 7) is 1.23. The maximum Gasteiger partial charge on any atom is 0.0835 e. The SMILES string of the molecule is COCCn1ncc(Cl)c1C(N)C(OC)C1CCCCC1. The van der Waals surface area contributed by atoms with E-state index in [9.17, 15) is 0 Å². The minimum Gasteiger partial charge on any atom is -0.383 e. The Morgan fingerprint density at radius 1 is 1.38 bits per heavy atom. The monoisotopic (exact) mass is 315 g/mol. The molecule has 1 aromatic heterocycles. The normalized spacial score (nSPS) is 19.6. The molecule has 0 amide bonds. The van der Waals surface area contributed by atoms with Gasteiger partial charge >= 0.3 is 0 Å². The minimum absolute atomic E-state index is 0.0132. The van der Waals surface area contributed by atoms with Crippen LogP contribution in [-0.4, -0.2) is 36.7 Å². The van der Waals surface area contributed by atoms with Gasteiger partial charge in [0.1, 0.15) is 0 Å². The standard InChI is InChI=1S/C15H26ClN3O2/c1-20-9-8-19-14(12(16)10-18-19)13(17)15(21-2)11-6-4-3-5-7-11/h10-11,13,15H,3-9,17H2,1-2H3. The molecule has 1 fully saturated rings. The van der Waals surface area contributed by atoms with Crippen molar-refractivity contribution in [3.05, 3.63) is 16.9 Å². The molecule has 2 unspecified atom stereocenters. The summed E-state index contributed by atoms with van der Waals surface area (Å²) in [5.74, 6) is 0.501. The van der Waals surface area contributed by atoms with Gasteiger partial charge in [0.05, 0.1) is 42.2 Å². The molecule has 0 spiro atoms. The lowest BCUT2D eigenvalue weighted by molar-refractivity contribution is 0.0150. The Labute approximate surface area is 131 Å². The molecule has 1 saturated carbocycles. The van der Waals surface area contributed by atoms with Gasteiger partial charge in [-0.1, -0.05) is 30.9 Å². The highest BCUT2D eigenvalue weighted by molar-refractivity contribution is 6.31. The average molecular weight is 316 g/mol. The van der Waals surface area contributed by atoms with Crippen LogP contribution in [0.1, 0.15) is 43.8 Å². The second kappa shape index (κ2) is 8.13. The van der Waals surface area contributed by atoms with Crippen LogP contribution < -0.4 is 5.73 Å². The van der Waals surface area contributed by atoms with Gasteiger partial charge in [-0.2, -0.15) is 5.10 Å². The Morgan fingerprint density at radius 3 is 2.71 bits per heavy atom. The van der Waals surface area contributed by atoms with Crippen LogP contribution in [0.15, 0.2) is 6.20 Å². The summed E-state index contributed by atoms with van der Waals surface area (Å²) in [5.41, 5.74) is 7.34. The van der Waals surface area contributed by atoms with Crippen LogP contribution in [0.4, 0.5) is 0 Å². The van der Waals surface area contributed by atoms with Gasteiger partial charge < -0.3 is 15.2 Å². The van der Waals surface area contributed by atoms with Crippen LogP contribution in [0.25, 0.3) is 0 Å². The van der Waals surface area contributed by atoms with E-state index in [2.05, 4.69) is 5.10 Å². The highest BCUT2D eigenvalue weighted by Gasteiger charge is 2.32. The molecule has 21 heavy (non-hydrogen) atoms. The Kier molecular flexibility index (Phi) is 6.48. The van der Waals surface area contributed by atoms with E-state index in [1.807, 2.05) is 4.68 Å². The van der Waals surface area contributed by atoms with Crippen molar-refractivity contribution in [3.63, 3.8) is 0 Å². The molecule has 0 aliphatic heterocycles. The zero-order chi connectivity index (χ0) is 15.2. The Bertz CT molecular complexity index is 433. The van der Waals surface area contributed by atoms with Crippen molar-refractivity contribution < 1.29 is 9.47 Å². The molecule has 0 aromatic carbocycles. The first-order valence-corrected chi connectivity index (χ1v) is 8.05. The predicted octanol–water partition coefficient (Wildman–Crippen LogP) is 2.78. The van der Waals surface area contributed by atoms with Gasteiger partial charge in [-0.05, 0) is 18.8 Å². The topological polar surface area (TPSA) is 62.3 Å². The molecule has 1 aliphatic carbocycles. The molecular formula is C15H26ClN3O2. The van der Waals surface area contributed by atoms with Crippen LogP contribution in [-0.2, 0) is 16.0 Å². The number of aromatic nitrogens is 2. The highest BCUT2D eigenvalue weighted by Crippen LogP contribution is 2.34. The molecule has 1 aromatic rings. The third-order valence-electron chi connectivity index (χ3n) is 4.40. The third kappa shape index (κ3) is 3.97. The largest absolute Gasteiger partial charge is 0.383 e. The van der Waals surface area contributed by atoms with E-state index in [0.717, 1.165) is 5.69 Å². The summed E-state index contributed by atoms with van der Waals surface area (Å²) in [4.78, 5) is 0. The van der Waals surface area contributed by atoms with Gasteiger partial charge in [0.25, 0.3) is 0 Å². The van der Waals surface area contributed by atoms with Gasteiger partial charge in [-0.3, -0.25) is 4.68 Å². The number of nitrogens with two attached hydrogens (primary N) is 1. The van der Waals surface area contributed by atoms with Crippen molar-refractivity contribution in [1.29, 1.82) is 0 Å². The molecule has 0 saturated heterocycles. The second-order valence-electron chi connectivity index (χ2n) is 5.72. The van der Waals surface area contributed by atoms with Crippen LogP contribution in [0, 0.1) is 5.92 Å². The molecular weight excluding hydrogens is 290 g/mol. The van der Waals surface area contributed by atoms with Crippen molar-refractivity contribution in [3.8, 4) is 0 Å². The van der Waals surface area contributed by atoms with Crippen LogP contribution in [0.5, 0.6) is 0 Å².